The lowest BCUT2D eigenvalue weighted by Gasteiger charge is -2.16. The second kappa shape index (κ2) is 11.1. The number of para-hydroxylation sites is 1. The number of carboxylic acid groups (broad SMARTS) is 4. The average molecular weight is 645 g/mol. The summed E-state index contributed by atoms with van der Waals surface area (Å²) in [5.41, 5.74) is -6.19. The molecule has 0 fully saturated rings. The fraction of sp³-hybridized carbons (Fsp3) is 0. The molecule has 0 aromatic heterocycles. The van der Waals surface area contributed by atoms with Crippen LogP contribution in [0.15, 0.2) is 69.3 Å². The molecule has 0 heterocycles. The van der Waals surface area contributed by atoms with E-state index in [-0.39, 0.29) is 0 Å². The fourth-order valence-electron chi connectivity index (χ4n) is 3.51. The first kappa shape index (κ1) is 31.5. The van der Waals surface area contributed by atoms with Crippen LogP contribution in [0.2, 0.25) is 0 Å². The van der Waals surface area contributed by atoms with Gasteiger partial charge >= 0.3 is 23.9 Å². The number of hydrogen-bond donors (Lipinski definition) is 7. The van der Waals surface area contributed by atoms with Gasteiger partial charge in [0, 0.05) is 0 Å². The van der Waals surface area contributed by atoms with Crippen molar-refractivity contribution in [3.05, 3.63) is 76.9 Å². The van der Waals surface area contributed by atoms with E-state index in [9.17, 15) is 69.4 Å². The zero-order chi connectivity index (χ0) is 31.8. The van der Waals surface area contributed by atoms with Gasteiger partial charge in [0.15, 0.2) is 0 Å². The van der Waals surface area contributed by atoms with Gasteiger partial charge < -0.3 is 20.4 Å². The zero-order valence-corrected chi connectivity index (χ0v) is 22.7. The molecule has 0 amide bonds. The van der Waals surface area contributed by atoms with Crippen LogP contribution in [0.5, 0.6) is 0 Å². The minimum absolute atomic E-state index is 0.416. The van der Waals surface area contributed by atoms with Crippen molar-refractivity contribution in [3.63, 3.8) is 0 Å². The molecule has 0 unspecified atom stereocenters. The van der Waals surface area contributed by atoms with Crippen LogP contribution in [-0.4, -0.2) is 74.1 Å². The number of aromatic carboxylic acids is 4. The van der Waals surface area contributed by atoms with Crippen LogP contribution in [0, 0.1) is 0 Å². The molecule has 0 radical (unpaired) electrons. The average Bonchev–Trinajstić information content (AvgIpc) is 2.87. The Balaban J connectivity index is 2.17. The Hall–Kier alpha value is -5.05. The highest BCUT2D eigenvalue weighted by Crippen LogP contribution is 2.31. The molecular weight excluding hydrogens is 628 g/mol. The fourth-order valence-corrected chi connectivity index (χ4v) is 6.56. The monoisotopic (exact) mass is 644 g/mol. The van der Waals surface area contributed by atoms with Crippen molar-refractivity contribution >= 4 is 65.4 Å². The third-order valence-electron chi connectivity index (χ3n) is 5.31. The second-order valence-electron chi connectivity index (χ2n) is 7.97. The first-order valence-corrected chi connectivity index (χ1v) is 15.0. The largest absolute Gasteiger partial charge is 0.478 e. The molecule has 42 heavy (non-hydrogen) atoms. The maximum atomic E-state index is 13.2. The van der Waals surface area contributed by atoms with Gasteiger partial charge in [-0.15, -0.1) is 0 Å². The van der Waals surface area contributed by atoms with Gasteiger partial charge in [-0.25, -0.2) is 36.0 Å². The highest BCUT2D eigenvalue weighted by molar-refractivity contribution is 7.93. The molecule has 0 aliphatic carbocycles. The zero-order valence-electron chi connectivity index (χ0n) is 20.2. The van der Waals surface area contributed by atoms with Gasteiger partial charge in [-0.2, -0.15) is 8.42 Å². The maximum absolute atomic E-state index is 13.2. The van der Waals surface area contributed by atoms with Crippen LogP contribution in [0.25, 0.3) is 0 Å². The van der Waals surface area contributed by atoms with E-state index in [1.807, 2.05) is 0 Å². The van der Waals surface area contributed by atoms with Crippen molar-refractivity contribution in [1.29, 1.82) is 0 Å². The molecule has 0 aliphatic rings. The molecule has 0 spiro atoms. The van der Waals surface area contributed by atoms with Crippen LogP contribution < -0.4 is 9.44 Å². The molecule has 3 rings (SSSR count). The molecule has 3 aromatic carbocycles. The molecule has 3 aromatic rings. The van der Waals surface area contributed by atoms with Gasteiger partial charge in [-0.05, 0) is 42.5 Å². The van der Waals surface area contributed by atoms with Crippen LogP contribution in [0.3, 0.4) is 0 Å². The molecule has 0 saturated heterocycles. The molecular formula is C22H16N2O15S3. The summed E-state index contributed by atoms with van der Waals surface area (Å²) in [7, 11) is -15.4. The SMILES string of the molecule is O=C(O)c1cccc(C(=O)O)c1NS(=O)(=O)c1cccc(S(=O)(=O)Nc2c(C(=O)O)ccc(S(=O)(=O)O)c2C(=O)O)c1. The molecule has 0 aliphatic heterocycles. The number of anilines is 2. The third kappa shape index (κ3) is 6.30. The molecule has 222 valence electrons. The molecule has 20 heteroatoms. The number of sulfonamides is 2. The minimum Gasteiger partial charge on any atom is -0.478 e. The van der Waals surface area contributed by atoms with Gasteiger partial charge in [0.25, 0.3) is 30.2 Å². The lowest BCUT2D eigenvalue weighted by molar-refractivity contribution is 0.0677. The Labute approximate surface area is 235 Å². The summed E-state index contributed by atoms with van der Waals surface area (Å²) in [6.07, 6.45) is 0. The quantitative estimate of drug-likeness (QED) is 0.145. The van der Waals surface area contributed by atoms with Crippen LogP contribution in [0.1, 0.15) is 41.4 Å². The smallest absolute Gasteiger partial charge is 0.339 e. The lowest BCUT2D eigenvalue weighted by Crippen LogP contribution is -2.22. The topological polar surface area (TPSA) is 296 Å². The van der Waals surface area contributed by atoms with Gasteiger partial charge in [-0.3, -0.25) is 14.0 Å². The molecule has 17 nitrogen and oxygen atoms in total. The van der Waals surface area contributed by atoms with Crippen LogP contribution >= 0.6 is 0 Å². The first-order valence-electron chi connectivity index (χ1n) is 10.6. The normalized spacial score (nSPS) is 11.8. The summed E-state index contributed by atoms with van der Waals surface area (Å²) in [4.78, 5) is 43.5. The van der Waals surface area contributed by atoms with Crippen molar-refractivity contribution in [2.75, 3.05) is 9.44 Å². The number of carbonyl (C=O) groups is 4. The van der Waals surface area contributed by atoms with Gasteiger partial charge in [-0.1, -0.05) is 12.1 Å². The van der Waals surface area contributed by atoms with Gasteiger partial charge in [0.1, 0.15) is 10.5 Å². The summed E-state index contributed by atoms with van der Waals surface area (Å²) < 4.78 is 88.6. The Morgan fingerprint density at radius 3 is 1.36 bits per heavy atom. The van der Waals surface area contributed by atoms with Crippen molar-refractivity contribution in [3.8, 4) is 0 Å². The van der Waals surface area contributed by atoms with E-state index in [4.69, 9.17) is 0 Å². The lowest BCUT2D eigenvalue weighted by atomic mass is 10.1. The van der Waals surface area contributed by atoms with E-state index >= 15 is 0 Å². The number of rotatable bonds is 11. The number of carboxylic acids is 4. The van der Waals surface area contributed by atoms with E-state index in [1.165, 1.54) is 0 Å². The Kier molecular flexibility index (Phi) is 8.31. The Bertz CT molecular complexity index is 1970. The predicted molar refractivity (Wildman–Crippen MR) is 139 cm³/mol. The van der Waals surface area contributed by atoms with Crippen molar-refractivity contribution in [2.45, 2.75) is 14.7 Å². The van der Waals surface area contributed by atoms with E-state index < -0.39 is 102 Å². The summed E-state index contributed by atoms with van der Waals surface area (Å²) >= 11 is 0. The van der Waals surface area contributed by atoms with Crippen molar-refractivity contribution in [1.82, 2.24) is 0 Å². The standard InChI is InChI=1S/C22H16N2O15S3/c25-19(26)12-5-2-6-13(20(27)28)17(12)23-40(33,34)10-3-1-4-11(9-10)41(35,36)24-18-14(21(29)30)7-8-15(42(37,38)39)16(18)22(31)32/h1-9,23-24H,(H,25,26)(H,27,28)(H,29,30)(H,31,32)(H,37,38,39). The Morgan fingerprint density at radius 1 is 0.548 bits per heavy atom. The number of nitrogens with one attached hydrogen (secondary N) is 2. The Morgan fingerprint density at radius 2 is 0.952 bits per heavy atom. The van der Waals surface area contributed by atoms with Crippen LogP contribution in [0.4, 0.5) is 11.4 Å². The predicted octanol–water partition coefficient (Wildman–Crippen LogP) is 1.33. The van der Waals surface area contributed by atoms with E-state index in [1.54, 1.807) is 9.44 Å². The minimum atomic E-state index is -5.32. The van der Waals surface area contributed by atoms with Crippen molar-refractivity contribution < 1.29 is 69.4 Å². The third-order valence-corrected chi connectivity index (χ3v) is 8.90. The van der Waals surface area contributed by atoms with Crippen molar-refractivity contribution in [2.24, 2.45) is 0 Å². The molecule has 0 bridgehead atoms. The number of hydrogen-bond acceptors (Lipinski definition) is 10. The molecule has 0 saturated carbocycles. The van der Waals surface area contributed by atoms with Gasteiger partial charge in [0.05, 0.1) is 37.9 Å². The first-order chi connectivity index (χ1) is 19.3. The van der Waals surface area contributed by atoms with E-state index in [0.717, 1.165) is 36.4 Å². The number of benzene rings is 3. The summed E-state index contributed by atoms with van der Waals surface area (Å²) in [6, 6.07) is 6.71. The van der Waals surface area contributed by atoms with Gasteiger partial charge in [0.2, 0.25) is 0 Å². The molecule has 7 N–H and O–H groups in total. The summed E-state index contributed by atoms with van der Waals surface area (Å²) in [6.45, 7) is 0. The summed E-state index contributed by atoms with van der Waals surface area (Å²) in [5.74, 6) is -7.47. The second-order valence-corrected chi connectivity index (χ2v) is 12.7. The molecule has 0 atom stereocenters. The van der Waals surface area contributed by atoms with Crippen LogP contribution in [-0.2, 0) is 30.2 Å². The van der Waals surface area contributed by atoms with E-state index in [0.29, 0.717) is 18.2 Å². The van der Waals surface area contributed by atoms with E-state index in [2.05, 4.69) is 0 Å². The highest BCUT2D eigenvalue weighted by Gasteiger charge is 2.31. The highest BCUT2D eigenvalue weighted by atomic mass is 32.2. The maximum Gasteiger partial charge on any atom is 0.339 e. The summed E-state index contributed by atoms with van der Waals surface area (Å²) in [5, 5.41) is 37.7.